The quantitative estimate of drug-likeness (QED) is 0.751. The first kappa shape index (κ1) is 12.9. The summed E-state index contributed by atoms with van der Waals surface area (Å²) in [6, 6.07) is 11.7. The zero-order valence-electron chi connectivity index (χ0n) is 7.33. The van der Waals surface area contributed by atoms with Crippen LogP contribution in [0.1, 0.15) is 0 Å². The van der Waals surface area contributed by atoms with Gasteiger partial charge in [0.25, 0.3) is 0 Å². The highest BCUT2D eigenvalue weighted by Crippen LogP contribution is 2.11. The number of aromatic nitrogens is 2. The van der Waals surface area contributed by atoms with E-state index in [1.54, 1.807) is 12.4 Å². The van der Waals surface area contributed by atoms with Gasteiger partial charge in [0.1, 0.15) is 0 Å². The van der Waals surface area contributed by atoms with Crippen molar-refractivity contribution >= 4 is 24.8 Å². The van der Waals surface area contributed by atoms with E-state index in [9.17, 15) is 0 Å². The van der Waals surface area contributed by atoms with Crippen molar-refractivity contribution in [1.29, 1.82) is 0 Å². The molecule has 0 unspecified atom stereocenters. The van der Waals surface area contributed by atoms with Gasteiger partial charge in [-0.1, -0.05) is 30.3 Å². The van der Waals surface area contributed by atoms with E-state index in [2.05, 4.69) is 9.97 Å². The highest BCUT2D eigenvalue weighted by Gasteiger charge is 1.95. The molecular formula is C10H10Cl2N2. The molecule has 74 valence electrons. The van der Waals surface area contributed by atoms with Gasteiger partial charge < -0.3 is 0 Å². The SMILES string of the molecule is Cl.Cl.c1ccc(-c2ncccn2)cc1. The molecular weight excluding hydrogens is 219 g/mol. The summed E-state index contributed by atoms with van der Waals surface area (Å²) in [6.07, 6.45) is 3.49. The van der Waals surface area contributed by atoms with Crippen molar-refractivity contribution in [3.05, 3.63) is 48.8 Å². The third kappa shape index (κ3) is 2.98. The summed E-state index contributed by atoms with van der Waals surface area (Å²) in [7, 11) is 0. The van der Waals surface area contributed by atoms with Crippen LogP contribution < -0.4 is 0 Å². The summed E-state index contributed by atoms with van der Waals surface area (Å²) in [5, 5.41) is 0. The fourth-order valence-electron chi connectivity index (χ4n) is 1.04. The Hall–Kier alpha value is -1.12. The Labute approximate surface area is 95.2 Å². The molecule has 0 saturated heterocycles. The van der Waals surface area contributed by atoms with Crippen molar-refractivity contribution in [2.45, 2.75) is 0 Å². The van der Waals surface area contributed by atoms with Gasteiger partial charge in [0.2, 0.25) is 0 Å². The van der Waals surface area contributed by atoms with Crippen LogP contribution in [0.2, 0.25) is 0 Å². The Kier molecular flexibility index (Phi) is 5.84. The van der Waals surface area contributed by atoms with Crippen LogP contribution in [0.5, 0.6) is 0 Å². The fourth-order valence-corrected chi connectivity index (χ4v) is 1.04. The van der Waals surface area contributed by atoms with Crippen molar-refractivity contribution in [3.8, 4) is 11.4 Å². The normalized spacial score (nSPS) is 8.29. The molecule has 0 aliphatic carbocycles. The van der Waals surface area contributed by atoms with Crippen LogP contribution in [0, 0.1) is 0 Å². The molecule has 0 fully saturated rings. The number of benzene rings is 1. The number of nitrogens with zero attached hydrogens (tertiary/aromatic N) is 2. The van der Waals surface area contributed by atoms with Crippen LogP contribution in [-0.4, -0.2) is 9.97 Å². The summed E-state index contributed by atoms with van der Waals surface area (Å²) in [5.74, 6) is 0.776. The maximum Gasteiger partial charge on any atom is 0.159 e. The van der Waals surface area contributed by atoms with Crippen LogP contribution in [-0.2, 0) is 0 Å². The Balaban J connectivity index is 0.000000845. The molecule has 2 aromatic rings. The molecule has 0 bridgehead atoms. The van der Waals surface area contributed by atoms with Gasteiger partial charge in [-0.15, -0.1) is 24.8 Å². The lowest BCUT2D eigenvalue weighted by Crippen LogP contribution is -1.84. The number of hydrogen-bond donors (Lipinski definition) is 0. The first-order chi connectivity index (χ1) is 5.97. The molecule has 0 N–H and O–H groups in total. The molecule has 1 aromatic heterocycles. The van der Waals surface area contributed by atoms with Gasteiger partial charge in [-0.05, 0) is 6.07 Å². The summed E-state index contributed by atoms with van der Waals surface area (Å²) in [4.78, 5) is 8.28. The molecule has 14 heavy (non-hydrogen) atoms. The van der Waals surface area contributed by atoms with Crippen LogP contribution in [0.25, 0.3) is 11.4 Å². The lowest BCUT2D eigenvalue weighted by atomic mass is 10.2. The minimum atomic E-state index is 0. The van der Waals surface area contributed by atoms with Crippen LogP contribution in [0.15, 0.2) is 48.8 Å². The first-order valence-corrected chi connectivity index (χ1v) is 3.79. The largest absolute Gasteiger partial charge is 0.237 e. The van der Waals surface area contributed by atoms with Crippen molar-refractivity contribution in [2.75, 3.05) is 0 Å². The highest BCUT2D eigenvalue weighted by molar-refractivity contribution is 5.85. The van der Waals surface area contributed by atoms with Crippen molar-refractivity contribution in [2.24, 2.45) is 0 Å². The monoisotopic (exact) mass is 228 g/mol. The zero-order chi connectivity index (χ0) is 8.23. The van der Waals surface area contributed by atoms with E-state index in [0.29, 0.717) is 0 Å². The Morgan fingerprint density at radius 2 is 1.29 bits per heavy atom. The second-order valence-corrected chi connectivity index (χ2v) is 2.44. The molecule has 0 aliphatic rings. The molecule has 0 spiro atoms. The van der Waals surface area contributed by atoms with Gasteiger partial charge in [-0.2, -0.15) is 0 Å². The van der Waals surface area contributed by atoms with Gasteiger partial charge in [0.05, 0.1) is 0 Å². The van der Waals surface area contributed by atoms with E-state index >= 15 is 0 Å². The summed E-state index contributed by atoms with van der Waals surface area (Å²) >= 11 is 0. The topological polar surface area (TPSA) is 25.8 Å². The molecule has 0 radical (unpaired) electrons. The minimum absolute atomic E-state index is 0. The smallest absolute Gasteiger partial charge is 0.159 e. The van der Waals surface area contributed by atoms with E-state index in [1.807, 2.05) is 36.4 Å². The lowest BCUT2D eigenvalue weighted by molar-refractivity contribution is 1.18. The molecule has 0 atom stereocenters. The molecule has 1 aromatic carbocycles. The van der Waals surface area contributed by atoms with E-state index in [0.717, 1.165) is 11.4 Å². The van der Waals surface area contributed by atoms with Gasteiger partial charge >= 0.3 is 0 Å². The van der Waals surface area contributed by atoms with Crippen LogP contribution in [0.3, 0.4) is 0 Å². The summed E-state index contributed by atoms with van der Waals surface area (Å²) in [6.45, 7) is 0. The second-order valence-electron chi connectivity index (χ2n) is 2.44. The summed E-state index contributed by atoms with van der Waals surface area (Å²) in [5.41, 5.74) is 1.05. The third-order valence-corrected chi connectivity index (χ3v) is 1.60. The van der Waals surface area contributed by atoms with E-state index in [1.165, 1.54) is 0 Å². The first-order valence-electron chi connectivity index (χ1n) is 3.79. The molecule has 4 heteroatoms. The molecule has 2 nitrogen and oxygen atoms in total. The van der Waals surface area contributed by atoms with Crippen molar-refractivity contribution in [3.63, 3.8) is 0 Å². The maximum atomic E-state index is 4.14. The van der Waals surface area contributed by atoms with Crippen LogP contribution >= 0.6 is 24.8 Å². The predicted octanol–water partition coefficient (Wildman–Crippen LogP) is 2.99. The van der Waals surface area contributed by atoms with E-state index in [-0.39, 0.29) is 24.8 Å². The molecule has 0 saturated carbocycles. The second kappa shape index (κ2) is 6.35. The number of halogens is 2. The molecule has 2 rings (SSSR count). The predicted molar refractivity (Wildman–Crippen MR) is 62.0 cm³/mol. The van der Waals surface area contributed by atoms with Gasteiger partial charge in [0, 0.05) is 18.0 Å². The van der Waals surface area contributed by atoms with Gasteiger partial charge in [-0.25, -0.2) is 9.97 Å². The standard InChI is InChI=1S/C10H8N2.2ClH/c1-2-5-9(6-3-1)10-11-7-4-8-12-10;;/h1-8H;2*1H. The fraction of sp³-hybridized carbons (Fsp3) is 0. The van der Waals surface area contributed by atoms with E-state index < -0.39 is 0 Å². The van der Waals surface area contributed by atoms with Crippen molar-refractivity contribution < 1.29 is 0 Å². The van der Waals surface area contributed by atoms with Gasteiger partial charge in [-0.3, -0.25) is 0 Å². The summed E-state index contributed by atoms with van der Waals surface area (Å²) < 4.78 is 0. The van der Waals surface area contributed by atoms with Crippen molar-refractivity contribution in [1.82, 2.24) is 9.97 Å². The Morgan fingerprint density at radius 3 is 1.86 bits per heavy atom. The average Bonchev–Trinajstić information content (AvgIpc) is 2.21. The Bertz CT molecular complexity index is 314. The highest BCUT2D eigenvalue weighted by atomic mass is 35.5. The third-order valence-electron chi connectivity index (χ3n) is 1.60. The zero-order valence-corrected chi connectivity index (χ0v) is 8.96. The molecule has 1 heterocycles. The molecule has 0 amide bonds. The van der Waals surface area contributed by atoms with E-state index in [4.69, 9.17) is 0 Å². The lowest BCUT2D eigenvalue weighted by Gasteiger charge is -1.96. The number of hydrogen-bond acceptors (Lipinski definition) is 2. The Morgan fingerprint density at radius 1 is 0.714 bits per heavy atom. The number of rotatable bonds is 1. The maximum absolute atomic E-state index is 4.14. The molecule has 0 aliphatic heterocycles. The minimum Gasteiger partial charge on any atom is -0.237 e. The van der Waals surface area contributed by atoms with Crippen LogP contribution in [0.4, 0.5) is 0 Å². The van der Waals surface area contributed by atoms with Gasteiger partial charge in [0.15, 0.2) is 5.82 Å². The average molecular weight is 229 g/mol.